The van der Waals surface area contributed by atoms with Crippen molar-refractivity contribution < 1.29 is 0 Å². The van der Waals surface area contributed by atoms with E-state index in [0.29, 0.717) is 0 Å². The molecule has 1 heterocycles. The third kappa shape index (κ3) is 4.92. The summed E-state index contributed by atoms with van der Waals surface area (Å²) < 4.78 is 2.43. The zero-order valence-corrected chi connectivity index (χ0v) is 31.7. The maximum Gasteiger partial charge on any atom is 0.0547 e. The fourth-order valence-corrected chi connectivity index (χ4v) is 9.58. The molecule has 11 aromatic carbocycles. The van der Waals surface area contributed by atoms with Crippen LogP contribution in [0.4, 0.5) is 17.1 Å². The number of rotatable bonds is 5. The first-order valence-electron chi connectivity index (χ1n) is 20.0. The highest BCUT2D eigenvalue weighted by molar-refractivity contribution is 6.25. The van der Waals surface area contributed by atoms with Crippen LogP contribution in [-0.4, -0.2) is 4.57 Å². The first kappa shape index (κ1) is 32.6. The van der Waals surface area contributed by atoms with E-state index in [4.69, 9.17) is 0 Å². The normalized spacial score (nSPS) is 11.8. The molecule has 0 saturated carbocycles. The van der Waals surface area contributed by atoms with Crippen molar-refractivity contribution in [1.29, 1.82) is 0 Å². The van der Waals surface area contributed by atoms with E-state index in [1.54, 1.807) is 0 Å². The number of hydrogen-bond acceptors (Lipinski definition) is 1. The van der Waals surface area contributed by atoms with E-state index in [0.717, 1.165) is 22.7 Å². The number of benzene rings is 11. The van der Waals surface area contributed by atoms with Gasteiger partial charge in [0.15, 0.2) is 0 Å². The highest BCUT2D eigenvalue weighted by atomic mass is 15.1. The summed E-state index contributed by atoms with van der Waals surface area (Å²) in [6.45, 7) is 0. The first-order chi connectivity index (χ1) is 28.8. The molecule has 58 heavy (non-hydrogen) atoms. The van der Waals surface area contributed by atoms with Gasteiger partial charge in [-0.3, -0.25) is 0 Å². The first-order valence-corrected chi connectivity index (χ1v) is 20.0. The van der Waals surface area contributed by atoms with E-state index in [1.165, 1.54) is 86.8 Å². The van der Waals surface area contributed by atoms with Crippen molar-refractivity contribution >= 4 is 92.7 Å². The van der Waals surface area contributed by atoms with Crippen LogP contribution in [0, 0.1) is 0 Å². The minimum absolute atomic E-state index is 1.10. The van der Waals surface area contributed by atoms with Crippen molar-refractivity contribution in [3.05, 3.63) is 218 Å². The van der Waals surface area contributed by atoms with Crippen molar-refractivity contribution in [2.24, 2.45) is 0 Å². The molecule has 0 amide bonds. The Morgan fingerprint density at radius 2 is 0.828 bits per heavy atom. The molecule has 0 radical (unpaired) electrons. The topological polar surface area (TPSA) is 8.17 Å². The van der Waals surface area contributed by atoms with Gasteiger partial charge in [-0.15, -0.1) is 0 Å². The zero-order chi connectivity index (χ0) is 38.2. The molecule has 2 heteroatoms. The highest BCUT2D eigenvalue weighted by Gasteiger charge is 2.23. The van der Waals surface area contributed by atoms with Gasteiger partial charge in [-0.2, -0.15) is 0 Å². The van der Waals surface area contributed by atoms with Crippen LogP contribution in [0.3, 0.4) is 0 Å². The Morgan fingerprint density at radius 3 is 1.48 bits per heavy atom. The molecule has 0 aliphatic rings. The Hall–Kier alpha value is -7.68. The molecule has 0 aliphatic heterocycles. The van der Waals surface area contributed by atoms with Crippen LogP contribution in [-0.2, 0) is 0 Å². The number of para-hydroxylation sites is 1. The van der Waals surface area contributed by atoms with E-state index >= 15 is 0 Å². The Kier molecular flexibility index (Phi) is 7.26. The molecule has 0 bridgehead atoms. The molecular weight excluding hydrogens is 701 g/mol. The molecule has 12 aromatic rings. The van der Waals surface area contributed by atoms with Crippen LogP contribution in [0.1, 0.15) is 0 Å². The van der Waals surface area contributed by atoms with Crippen molar-refractivity contribution in [2.45, 2.75) is 0 Å². The van der Waals surface area contributed by atoms with Crippen molar-refractivity contribution in [3.8, 4) is 16.8 Å². The van der Waals surface area contributed by atoms with Gasteiger partial charge in [0.05, 0.1) is 22.4 Å². The lowest BCUT2D eigenvalue weighted by atomic mass is 9.95. The van der Waals surface area contributed by atoms with Gasteiger partial charge < -0.3 is 9.47 Å². The van der Waals surface area contributed by atoms with E-state index < -0.39 is 0 Å². The van der Waals surface area contributed by atoms with Crippen LogP contribution in [0.25, 0.3) is 92.5 Å². The number of aromatic nitrogens is 1. The summed E-state index contributed by atoms with van der Waals surface area (Å²) in [7, 11) is 0. The van der Waals surface area contributed by atoms with E-state index in [9.17, 15) is 0 Å². The second-order valence-corrected chi connectivity index (χ2v) is 15.3. The minimum atomic E-state index is 1.10. The maximum atomic E-state index is 2.51. The highest BCUT2D eigenvalue weighted by Crippen LogP contribution is 2.48. The van der Waals surface area contributed by atoms with E-state index in [1.807, 2.05) is 0 Å². The van der Waals surface area contributed by atoms with Crippen molar-refractivity contribution in [2.75, 3.05) is 4.90 Å². The average molecular weight is 737 g/mol. The maximum absolute atomic E-state index is 2.51. The third-order valence-electron chi connectivity index (χ3n) is 12.1. The van der Waals surface area contributed by atoms with Crippen LogP contribution < -0.4 is 4.90 Å². The lowest BCUT2D eigenvalue weighted by Crippen LogP contribution is -2.11. The lowest BCUT2D eigenvalue weighted by molar-refractivity contribution is 1.18. The summed E-state index contributed by atoms with van der Waals surface area (Å²) in [5.74, 6) is 0. The van der Waals surface area contributed by atoms with E-state index in [2.05, 4.69) is 228 Å². The fourth-order valence-electron chi connectivity index (χ4n) is 9.58. The lowest BCUT2D eigenvalue weighted by Gasteiger charge is -2.29. The van der Waals surface area contributed by atoms with Gasteiger partial charge in [-0.1, -0.05) is 170 Å². The summed E-state index contributed by atoms with van der Waals surface area (Å²) in [6.07, 6.45) is 0. The van der Waals surface area contributed by atoms with Gasteiger partial charge in [0.25, 0.3) is 0 Å². The fraction of sp³-hybridized carbons (Fsp3) is 0. The monoisotopic (exact) mass is 736 g/mol. The average Bonchev–Trinajstić information content (AvgIpc) is 3.65. The molecule has 0 aliphatic carbocycles. The van der Waals surface area contributed by atoms with Crippen LogP contribution in [0.5, 0.6) is 0 Å². The molecule has 0 fully saturated rings. The third-order valence-corrected chi connectivity index (χ3v) is 12.1. The second-order valence-electron chi connectivity index (χ2n) is 15.3. The molecule has 270 valence electrons. The molecule has 0 N–H and O–H groups in total. The quantitative estimate of drug-likeness (QED) is 0.160. The van der Waals surface area contributed by atoms with Crippen LogP contribution in [0.2, 0.25) is 0 Å². The molecule has 0 atom stereocenters. The predicted molar refractivity (Wildman–Crippen MR) is 248 cm³/mol. The van der Waals surface area contributed by atoms with Gasteiger partial charge in [-0.05, 0) is 103 Å². The Labute approximate surface area is 336 Å². The van der Waals surface area contributed by atoms with Gasteiger partial charge in [0.1, 0.15) is 0 Å². The van der Waals surface area contributed by atoms with Gasteiger partial charge >= 0.3 is 0 Å². The summed E-state index contributed by atoms with van der Waals surface area (Å²) in [5.41, 5.74) is 9.33. The van der Waals surface area contributed by atoms with Gasteiger partial charge in [-0.25, -0.2) is 0 Å². The Morgan fingerprint density at radius 1 is 0.310 bits per heavy atom. The van der Waals surface area contributed by atoms with Crippen LogP contribution >= 0.6 is 0 Å². The number of fused-ring (bicyclic) bond motifs is 11. The SMILES string of the molecule is c1ccc(-n2c3cccc(-c4cccc(N(c5cc6ccccc6c6ccccc56)c5cc6ccccc6c6ccccc56)c4)c3c3c4ccccc4ccc32)cc1. The van der Waals surface area contributed by atoms with Gasteiger partial charge in [0.2, 0.25) is 0 Å². The van der Waals surface area contributed by atoms with Crippen molar-refractivity contribution in [3.63, 3.8) is 0 Å². The second kappa shape index (κ2) is 12.9. The minimum Gasteiger partial charge on any atom is -0.309 e. The Bertz CT molecular complexity index is 3460. The molecule has 1 aromatic heterocycles. The number of anilines is 3. The van der Waals surface area contributed by atoms with Crippen molar-refractivity contribution in [1.82, 2.24) is 4.57 Å². The van der Waals surface area contributed by atoms with Gasteiger partial charge in [0, 0.05) is 32.9 Å². The summed E-state index contributed by atoms with van der Waals surface area (Å²) in [4.78, 5) is 2.51. The molecule has 2 nitrogen and oxygen atoms in total. The summed E-state index contributed by atoms with van der Waals surface area (Å²) in [5, 5.41) is 14.9. The smallest absolute Gasteiger partial charge is 0.0547 e. The molecule has 0 spiro atoms. The number of hydrogen-bond donors (Lipinski definition) is 0. The Balaban J connectivity index is 1.18. The molecule has 0 saturated heterocycles. The molecule has 12 rings (SSSR count). The summed E-state index contributed by atoms with van der Waals surface area (Å²) in [6, 6.07) is 80.2. The summed E-state index contributed by atoms with van der Waals surface area (Å²) >= 11 is 0. The predicted octanol–water partition coefficient (Wildman–Crippen LogP) is 15.7. The van der Waals surface area contributed by atoms with E-state index in [-0.39, 0.29) is 0 Å². The molecule has 0 unspecified atom stereocenters. The molecular formula is C56H36N2. The zero-order valence-electron chi connectivity index (χ0n) is 31.7. The number of nitrogens with zero attached hydrogens (tertiary/aromatic N) is 2. The van der Waals surface area contributed by atoms with Crippen LogP contribution in [0.15, 0.2) is 218 Å². The largest absolute Gasteiger partial charge is 0.309 e. The standard InChI is InChI=1S/C56H36N2/c1-2-20-41(21-3-1)57-51-31-15-30-46(56(51)55-45-25-9-4-16-37(45)32-33-52(55)57)38-19-14-22-42(34-38)58(53-35-39-17-5-7-23-43(39)47-26-10-12-28-49(47)53)54-36-40-18-6-8-24-44(40)48-27-11-13-29-50(48)54/h1-36H.